The maximum Gasteiger partial charge on any atom is 0.283 e. The van der Waals surface area contributed by atoms with Gasteiger partial charge in [0, 0.05) is 18.8 Å². The molecule has 5 nitrogen and oxygen atoms in total. The van der Waals surface area contributed by atoms with Gasteiger partial charge in [-0.25, -0.2) is 9.97 Å². The third-order valence-corrected chi connectivity index (χ3v) is 4.41. The lowest BCUT2D eigenvalue weighted by molar-refractivity contribution is 0.0581. The highest BCUT2D eigenvalue weighted by atomic mass is 32.1. The number of aromatic nitrogens is 2. The van der Waals surface area contributed by atoms with Gasteiger partial charge < -0.3 is 9.64 Å². The molecule has 6 heteroatoms. The zero-order valence-corrected chi connectivity index (χ0v) is 12.4. The largest absolute Gasteiger partial charge is 0.379 e. The standard InChI is InChI=1S/C14H17N3O2S/c1-9(2)17(10-5-7-19-8-10)14(18)13-16-11-4-3-6-15-12(11)20-13/h3-4,6,9-10H,5,7-8H2,1-2H3. The van der Waals surface area contributed by atoms with Crippen LogP contribution in [0, 0.1) is 0 Å². The Labute approximate surface area is 121 Å². The second-order valence-corrected chi connectivity index (χ2v) is 6.15. The number of nitrogens with zero attached hydrogens (tertiary/aromatic N) is 3. The van der Waals surface area contributed by atoms with Gasteiger partial charge in [-0.05, 0) is 32.4 Å². The molecule has 1 amide bonds. The van der Waals surface area contributed by atoms with Crippen molar-refractivity contribution in [1.82, 2.24) is 14.9 Å². The average molecular weight is 291 g/mol. The Hall–Kier alpha value is -1.53. The maximum atomic E-state index is 12.7. The molecule has 1 atom stereocenters. The molecule has 3 heterocycles. The summed E-state index contributed by atoms with van der Waals surface area (Å²) in [7, 11) is 0. The fraction of sp³-hybridized carbons (Fsp3) is 0.500. The lowest BCUT2D eigenvalue weighted by Crippen LogP contribution is -2.45. The fourth-order valence-electron chi connectivity index (χ4n) is 2.54. The normalized spacial score (nSPS) is 18.9. The van der Waals surface area contributed by atoms with E-state index in [1.54, 1.807) is 6.20 Å². The van der Waals surface area contributed by atoms with Gasteiger partial charge in [0.1, 0.15) is 10.3 Å². The Kier molecular flexibility index (Phi) is 3.67. The van der Waals surface area contributed by atoms with Crippen molar-refractivity contribution >= 4 is 27.6 Å². The maximum absolute atomic E-state index is 12.7. The lowest BCUT2D eigenvalue weighted by atomic mass is 10.1. The van der Waals surface area contributed by atoms with Crippen molar-refractivity contribution < 1.29 is 9.53 Å². The molecule has 0 spiro atoms. The second kappa shape index (κ2) is 5.46. The number of amides is 1. The zero-order chi connectivity index (χ0) is 14.1. The van der Waals surface area contributed by atoms with Crippen LogP contribution >= 0.6 is 11.3 Å². The molecule has 2 aromatic heterocycles. The van der Waals surface area contributed by atoms with Crippen LogP contribution in [0.2, 0.25) is 0 Å². The molecule has 1 unspecified atom stereocenters. The summed E-state index contributed by atoms with van der Waals surface area (Å²) in [5, 5.41) is 0.513. The molecule has 0 saturated carbocycles. The molecule has 0 radical (unpaired) electrons. The van der Waals surface area contributed by atoms with E-state index >= 15 is 0 Å². The molecule has 3 rings (SSSR count). The second-order valence-electron chi connectivity index (χ2n) is 5.17. The smallest absolute Gasteiger partial charge is 0.283 e. The van der Waals surface area contributed by atoms with E-state index in [4.69, 9.17) is 4.74 Å². The molecule has 0 aromatic carbocycles. The van der Waals surface area contributed by atoms with E-state index < -0.39 is 0 Å². The van der Waals surface area contributed by atoms with Gasteiger partial charge in [0.05, 0.1) is 12.6 Å². The van der Waals surface area contributed by atoms with E-state index in [1.165, 1.54) is 11.3 Å². The minimum Gasteiger partial charge on any atom is -0.379 e. The summed E-state index contributed by atoms with van der Waals surface area (Å²) >= 11 is 1.36. The molecule has 1 aliphatic heterocycles. The van der Waals surface area contributed by atoms with Crippen LogP contribution in [0.3, 0.4) is 0 Å². The highest BCUT2D eigenvalue weighted by Crippen LogP contribution is 2.24. The molecule has 0 bridgehead atoms. The number of carbonyl (C=O) groups is 1. The van der Waals surface area contributed by atoms with Gasteiger partial charge in [-0.3, -0.25) is 4.79 Å². The van der Waals surface area contributed by atoms with Crippen LogP contribution in [0.1, 0.15) is 30.1 Å². The van der Waals surface area contributed by atoms with Crippen molar-refractivity contribution in [2.45, 2.75) is 32.4 Å². The summed E-state index contributed by atoms with van der Waals surface area (Å²) in [6.07, 6.45) is 2.62. The predicted octanol–water partition coefficient (Wildman–Crippen LogP) is 2.33. The predicted molar refractivity (Wildman–Crippen MR) is 77.9 cm³/mol. The lowest BCUT2D eigenvalue weighted by Gasteiger charge is -2.31. The van der Waals surface area contributed by atoms with E-state index in [0.717, 1.165) is 23.4 Å². The summed E-state index contributed by atoms with van der Waals surface area (Å²) in [6.45, 7) is 5.40. The highest BCUT2D eigenvalue weighted by molar-refractivity contribution is 7.19. The Morgan fingerprint density at radius 2 is 2.40 bits per heavy atom. The van der Waals surface area contributed by atoms with Crippen molar-refractivity contribution in [3.05, 3.63) is 23.3 Å². The van der Waals surface area contributed by atoms with E-state index in [1.807, 2.05) is 30.9 Å². The first-order valence-electron chi connectivity index (χ1n) is 6.79. The van der Waals surface area contributed by atoms with Crippen LogP contribution in [0.5, 0.6) is 0 Å². The molecule has 2 aromatic rings. The first-order valence-corrected chi connectivity index (χ1v) is 7.60. The Morgan fingerprint density at radius 3 is 3.05 bits per heavy atom. The van der Waals surface area contributed by atoms with Gasteiger partial charge in [-0.1, -0.05) is 11.3 Å². The minimum atomic E-state index is -0.0153. The van der Waals surface area contributed by atoms with Crippen molar-refractivity contribution in [2.75, 3.05) is 13.2 Å². The Morgan fingerprint density at radius 1 is 1.55 bits per heavy atom. The van der Waals surface area contributed by atoms with Crippen LogP contribution in [0.25, 0.3) is 10.3 Å². The number of pyridine rings is 1. The van der Waals surface area contributed by atoms with Gasteiger partial charge in [-0.2, -0.15) is 0 Å². The first kappa shape index (κ1) is 13.5. The van der Waals surface area contributed by atoms with Gasteiger partial charge >= 0.3 is 0 Å². The molecule has 20 heavy (non-hydrogen) atoms. The molecular weight excluding hydrogens is 274 g/mol. The molecule has 1 aliphatic rings. The fourth-order valence-corrected chi connectivity index (χ4v) is 3.39. The number of thiazole rings is 1. The van der Waals surface area contributed by atoms with Crippen LogP contribution < -0.4 is 0 Å². The summed E-state index contributed by atoms with van der Waals surface area (Å²) in [6, 6.07) is 4.01. The molecule has 0 N–H and O–H groups in total. The van der Waals surface area contributed by atoms with Crippen LogP contribution in [0.4, 0.5) is 0 Å². The Balaban J connectivity index is 1.92. The SMILES string of the molecule is CC(C)N(C(=O)c1nc2cccnc2s1)C1CCOC1. The van der Waals surface area contributed by atoms with Crippen LogP contribution in [-0.4, -0.2) is 46.1 Å². The van der Waals surface area contributed by atoms with E-state index in [-0.39, 0.29) is 18.0 Å². The van der Waals surface area contributed by atoms with Gasteiger partial charge in [-0.15, -0.1) is 0 Å². The van der Waals surface area contributed by atoms with Gasteiger partial charge in [0.25, 0.3) is 5.91 Å². The average Bonchev–Trinajstić information content (AvgIpc) is 3.06. The van der Waals surface area contributed by atoms with Gasteiger partial charge in [0.15, 0.2) is 5.01 Å². The summed E-state index contributed by atoms with van der Waals surface area (Å²) in [4.78, 5) is 24.1. The monoisotopic (exact) mass is 291 g/mol. The van der Waals surface area contributed by atoms with E-state index in [0.29, 0.717) is 11.6 Å². The molecule has 1 saturated heterocycles. The van der Waals surface area contributed by atoms with Gasteiger partial charge in [0.2, 0.25) is 0 Å². The molecular formula is C14H17N3O2S. The van der Waals surface area contributed by atoms with E-state index in [2.05, 4.69) is 9.97 Å². The van der Waals surface area contributed by atoms with Crippen LogP contribution in [0.15, 0.2) is 18.3 Å². The minimum absolute atomic E-state index is 0.0153. The topological polar surface area (TPSA) is 55.3 Å². The number of rotatable bonds is 3. The third kappa shape index (κ3) is 2.41. The third-order valence-electron chi connectivity index (χ3n) is 3.44. The molecule has 1 fully saturated rings. The Bertz CT molecular complexity index is 587. The summed E-state index contributed by atoms with van der Waals surface area (Å²) in [5.74, 6) is -0.0153. The number of hydrogen-bond acceptors (Lipinski definition) is 5. The highest BCUT2D eigenvalue weighted by Gasteiger charge is 2.31. The van der Waals surface area contributed by atoms with Crippen molar-refractivity contribution in [1.29, 1.82) is 0 Å². The van der Waals surface area contributed by atoms with Crippen LogP contribution in [-0.2, 0) is 4.74 Å². The number of fused-ring (bicyclic) bond motifs is 1. The van der Waals surface area contributed by atoms with Crippen molar-refractivity contribution in [2.24, 2.45) is 0 Å². The van der Waals surface area contributed by atoms with Crippen molar-refractivity contribution in [3.8, 4) is 0 Å². The molecule has 106 valence electrons. The summed E-state index contributed by atoms with van der Waals surface area (Å²) < 4.78 is 5.41. The number of hydrogen-bond donors (Lipinski definition) is 0. The summed E-state index contributed by atoms with van der Waals surface area (Å²) in [5.41, 5.74) is 0.784. The van der Waals surface area contributed by atoms with Crippen molar-refractivity contribution in [3.63, 3.8) is 0 Å². The number of carbonyl (C=O) groups excluding carboxylic acids is 1. The number of ether oxygens (including phenoxy) is 1. The molecule has 0 aliphatic carbocycles. The van der Waals surface area contributed by atoms with E-state index in [9.17, 15) is 4.79 Å². The first-order chi connectivity index (χ1) is 9.66. The quantitative estimate of drug-likeness (QED) is 0.871. The zero-order valence-electron chi connectivity index (χ0n) is 11.6.